The summed E-state index contributed by atoms with van der Waals surface area (Å²) in [5.41, 5.74) is 3.27. The van der Waals surface area contributed by atoms with E-state index in [1.54, 1.807) is 24.3 Å². The van der Waals surface area contributed by atoms with Crippen molar-refractivity contribution in [3.05, 3.63) is 64.4 Å². The molecule has 0 radical (unpaired) electrons. The molecule has 3 heterocycles. The van der Waals surface area contributed by atoms with E-state index in [0.717, 1.165) is 18.4 Å². The Labute approximate surface area is 204 Å². The van der Waals surface area contributed by atoms with Crippen molar-refractivity contribution in [2.75, 3.05) is 36.5 Å². The van der Waals surface area contributed by atoms with E-state index in [-0.39, 0.29) is 12.0 Å². The Bertz CT molecular complexity index is 1390. The van der Waals surface area contributed by atoms with Crippen LogP contribution in [0.15, 0.2) is 42.5 Å². The van der Waals surface area contributed by atoms with Crippen LogP contribution in [0.4, 0.5) is 20.7 Å². The second-order valence-electron chi connectivity index (χ2n) is 8.53. The molecule has 1 aliphatic heterocycles. The predicted molar refractivity (Wildman–Crippen MR) is 129 cm³/mol. The maximum absolute atomic E-state index is 14.0. The van der Waals surface area contributed by atoms with Crippen molar-refractivity contribution in [1.82, 2.24) is 24.5 Å². The number of nitrogens with zero attached hydrogens (tertiary/aromatic N) is 6. The molecule has 8 nitrogen and oxygen atoms in total. The van der Waals surface area contributed by atoms with Gasteiger partial charge in [-0.15, -0.1) is 0 Å². The second-order valence-corrected chi connectivity index (χ2v) is 8.97. The third kappa shape index (κ3) is 4.17. The van der Waals surface area contributed by atoms with Crippen molar-refractivity contribution >= 4 is 34.5 Å². The van der Waals surface area contributed by atoms with Gasteiger partial charge >= 0.3 is 0 Å². The number of morpholine rings is 1. The molecule has 180 valence electrons. The minimum atomic E-state index is -2.80. The molecular formula is C24H22ClF2N7O. The smallest absolute Gasteiger partial charge is 0.296 e. The highest BCUT2D eigenvalue weighted by molar-refractivity contribution is 6.30. The number of hydrogen-bond acceptors (Lipinski definition) is 7. The first kappa shape index (κ1) is 22.1. The van der Waals surface area contributed by atoms with Crippen LogP contribution < -0.4 is 10.2 Å². The van der Waals surface area contributed by atoms with Crippen LogP contribution in [0, 0.1) is 0 Å². The largest absolute Gasteiger partial charge is 0.378 e. The second kappa shape index (κ2) is 9.01. The van der Waals surface area contributed by atoms with Crippen molar-refractivity contribution in [3.63, 3.8) is 0 Å². The lowest BCUT2D eigenvalue weighted by Gasteiger charge is -2.27. The Morgan fingerprint density at radius 2 is 1.80 bits per heavy atom. The molecular weight excluding hydrogens is 476 g/mol. The van der Waals surface area contributed by atoms with E-state index in [1.807, 2.05) is 23.1 Å². The van der Waals surface area contributed by atoms with Crippen LogP contribution in [0.2, 0.25) is 5.02 Å². The van der Waals surface area contributed by atoms with Crippen LogP contribution in [-0.4, -0.2) is 50.8 Å². The number of benzene rings is 2. The van der Waals surface area contributed by atoms with E-state index in [2.05, 4.69) is 25.3 Å². The standard InChI is InChI=1S/C24H22ClF2N7O/c25-15-6-7-16-14(13-15)5-8-17(16)29-22-30-23(33-9-11-35-12-10-33)32-24(31-22)34-19-4-2-1-3-18(19)28-21(34)20(26)27/h1-4,6-7,13,17,20H,5,8-12H2,(H,29,30,31,32). The lowest BCUT2D eigenvalue weighted by molar-refractivity contribution is 0.122. The van der Waals surface area contributed by atoms with Crippen LogP contribution in [0.5, 0.6) is 0 Å². The van der Waals surface area contributed by atoms with Gasteiger partial charge in [0.05, 0.1) is 30.3 Å². The lowest BCUT2D eigenvalue weighted by atomic mass is 10.1. The van der Waals surface area contributed by atoms with Gasteiger partial charge < -0.3 is 15.0 Å². The molecule has 4 aromatic rings. The number of para-hydroxylation sites is 2. The highest BCUT2D eigenvalue weighted by Gasteiger charge is 2.27. The van der Waals surface area contributed by atoms with Crippen LogP contribution in [0.3, 0.4) is 0 Å². The lowest BCUT2D eigenvalue weighted by Crippen LogP contribution is -2.37. The van der Waals surface area contributed by atoms with Crippen molar-refractivity contribution in [3.8, 4) is 5.95 Å². The summed E-state index contributed by atoms with van der Waals surface area (Å²) in [6, 6.07) is 12.8. The Morgan fingerprint density at radius 1 is 1.00 bits per heavy atom. The first-order valence-electron chi connectivity index (χ1n) is 11.5. The molecule has 2 aliphatic rings. The van der Waals surface area contributed by atoms with Gasteiger partial charge in [-0.2, -0.15) is 15.0 Å². The van der Waals surface area contributed by atoms with Gasteiger partial charge in [-0.1, -0.05) is 29.8 Å². The zero-order valence-corrected chi connectivity index (χ0v) is 19.4. The number of hydrogen-bond donors (Lipinski definition) is 1. The van der Waals surface area contributed by atoms with Crippen LogP contribution in [-0.2, 0) is 11.2 Å². The number of rotatable bonds is 5. The number of halogens is 3. The fourth-order valence-electron chi connectivity index (χ4n) is 4.72. The monoisotopic (exact) mass is 497 g/mol. The first-order chi connectivity index (χ1) is 17.1. The Balaban J connectivity index is 1.46. The quantitative estimate of drug-likeness (QED) is 0.426. The average molecular weight is 498 g/mol. The number of anilines is 2. The van der Waals surface area contributed by atoms with E-state index in [0.29, 0.717) is 54.3 Å². The average Bonchev–Trinajstić information content (AvgIpc) is 3.46. The number of aromatic nitrogens is 5. The molecule has 1 atom stereocenters. The molecule has 0 spiro atoms. The molecule has 1 aliphatic carbocycles. The minimum Gasteiger partial charge on any atom is -0.378 e. The van der Waals surface area contributed by atoms with E-state index >= 15 is 0 Å². The molecule has 1 unspecified atom stereocenters. The van der Waals surface area contributed by atoms with Gasteiger partial charge in [-0.25, -0.2) is 13.8 Å². The van der Waals surface area contributed by atoms with Crippen LogP contribution in [0.1, 0.15) is 35.8 Å². The third-order valence-corrected chi connectivity index (χ3v) is 6.61. The summed E-state index contributed by atoms with van der Waals surface area (Å²) in [5, 5.41) is 4.11. The normalized spacial score (nSPS) is 17.8. The summed E-state index contributed by atoms with van der Waals surface area (Å²) < 4.78 is 34.8. The maximum Gasteiger partial charge on any atom is 0.296 e. The molecule has 0 amide bonds. The topological polar surface area (TPSA) is 81.0 Å². The minimum absolute atomic E-state index is 0.0239. The molecule has 1 N–H and O–H groups in total. The predicted octanol–water partition coefficient (Wildman–Crippen LogP) is 4.74. The zero-order chi connectivity index (χ0) is 23.9. The van der Waals surface area contributed by atoms with Gasteiger partial charge in [-0.3, -0.25) is 4.57 Å². The van der Waals surface area contributed by atoms with Crippen molar-refractivity contribution < 1.29 is 13.5 Å². The number of ether oxygens (including phenoxy) is 1. The number of aryl methyl sites for hydroxylation is 1. The summed E-state index contributed by atoms with van der Waals surface area (Å²) in [4.78, 5) is 20.0. The molecule has 0 bridgehead atoms. The van der Waals surface area contributed by atoms with E-state index in [4.69, 9.17) is 16.3 Å². The van der Waals surface area contributed by atoms with Crippen molar-refractivity contribution in [1.29, 1.82) is 0 Å². The van der Waals surface area contributed by atoms with Gasteiger partial charge in [0.25, 0.3) is 6.43 Å². The van der Waals surface area contributed by atoms with Gasteiger partial charge in [-0.05, 0) is 48.2 Å². The van der Waals surface area contributed by atoms with Gasteiger partial charge in [0.1, 0.15) is 0 Å². The Morgan fingerprint density at radius 3 is 2.63 bits per heavy atom. The van der Waals surface area contributed by atoms with Gasteiger partial charge in [0.15, 0.2) is 5.82 Å². The summed E-state index contributed by atoms with van der Waals surface area (Å²) in [6.45, 7) is 2.27. The van der Waals surface area contributed by atoms with E-state index < -0.39 is 12.2 Å². The number of alkyl halides is 2. The van der Waals surface area contributed by atoms with Gasteiger partial charge in [0.2, 0.25) is 17.8 Å². The summed E-state index contributed by atoms with van der Waals surface area (Å²) >= 11 is 6.16. The Kier molecular flexibility index (Phi) is 5.69. The molecule has 6 rings (SSSR count). The van der Waals surface area contributed by atoms with Crippen molar-refractivity contribution in [2.24, 2.45) is 0 Å². The summed E-state index contributed by atoms with van der Waals surface area (Å²) in [7, 11) is 0. The molecule has 0 saturated carbocycles. The highest BCUT2D eigenvalue weighted by Crippen LogP contribution is 2.35. The van der Waals surface area contributed by atoms with Crippen LogP contribution in [0.25, 0.3) is 17.0 Å². The summed E-state index contributed by atoms with van der Waals surface area (Å²) in [5.74, 6) is 0.426. The SMILES string of the molecule is FC(F)c1nc2ccccc2n1-c1nc(NC2CCc3cc(Cl)ccc32)nc(N2CCOCC2)n1. The highest BCUT2D eigenvalue weighted by atomic mass is 35.5. The fourth-order valence-corrected chi connectivity index (χ4v) is 4.91. The van der Waals surface area contributed by atoms with Gasteiger partial charge in [0, 0.05) is 18.1 Å². The molecule has 1 fully saturated rings. The van der Waals surface area contributed by atoms with E-state index in [9.17, 15) is 8.78 Å². The molecule has 2 aromatic heterocycles. The third-order valence-electron chi connectivity index (χ3n) is 6.37. The number of nitrogens with one attached hydrogen (secondary N) is 1. The zero-order valence-electron chi connectivity index (χ0n) is 18.7. The summed E-state index contributed by atoms with van der Waals surface area (Å²) in [6.07, 6.45) is -1.07. The number of imidazole rings is 1. The van der Waals surface area contributed by atoms with Crippen LogP contribution >= 0.6 is 11.6 Å². The first-order valence-corrected chi connectivity index (χ1v) is 11.8. The molecule has 1 saturated heterocycles. The van der Waals surface area contributed by atoms with E-state index in [1.165, 1.54) is 10.1 Å². The van der Waals surface area contributed by atoms with Crippen molar-refractivity contribution in [2.45, 2.75) is 25.3 Å². The fraction of sp³-hybridized carbons (Fsp3) is 0.333. The number of fused-ring (bicyclic) bond motifs is 2. The maximum atomic E-state index is 14.0. The Hall–Kier alpha value is -3.37. The molecule has 11 heteroatoms. The molecule has 35 heavy (non-hydrogen) atoms. The molecule has 2 aromatic carbocycles.